The van der Waals surface area contributed by atoms with E-state index in [1.54, 1.807) is 7.11 Å². The fourth-order valence-electron chi connectivity index (χ4n) is 2.36. The number of nitrogens with zero attached hydrogens (tertiary/aromatic N) is 1. The Morgan fingerprint density at radius 3 is 2.56 bits per heavy atom. The Labute approximate surface area is 101 Å². The molecule has 0 aliphatic carbocycles. The van der Waals surface area contributed by atoms with E-state index in [1.807, 2.05) is 0 Å². The van der Waals surface area contributed by atoms with Crippen molar-refractivity contribution in [3.05, 3.63) is 0 Å². The lowest BCUT2D eigenvalue weighted by atomic mass is 10.0. The van der Waals surface area contributed by atoms with Gasteiger partial charge in [0, 0.05) is 26.3 Å². The van der Waals surface area contributed by atoms with E-state index in [0.29, 0.717) is 0 Å². The fraction of sp³-hybridized carbons (Fsp3) is 1.00. The third kappa shape index (κ3) is 5.83. The number of methoxy groups -OCH3 is 1. The van der Waals surface area contributed by atoms with Gasteiger partial charge in [0.05, 0.1) is 0 Å². The molecule has 1 aliphatic heterocycles. The summed E-state index contributed by atoms with van der Waals surface area (Å²) in [6.45, 7) is 10.4. The number of likely N-dealkylation sites (tertiary alicyclic amines) is 1. The van der Waals surface area contributed by atoms with E-state index >= 15 is 0 Å². The molecule has 1 N–H and O–H groups in total. The SMILES string of the molecule is COCCCNC1CCN(CC(C)C)CC1. The van der Waals surface area contributed by atoms with Crippen LogP contribution in [0.2, 0.25) is 0 Å². The van der Waals surface area contributed by atoms with E-state index in [2.05, 4.69) is 24.1 Å². The molecule has 1 heterocycles. The summed E-state index contributed by atoms with van der Waals surface area (Å²) in [5.74, 6) is 0.797. The minimum atomic E-state index is 0.736. The molecule has 16 heavy (non-hydrogen) atoms. The lowest BCUT2D eigenvalue weighted by Gasteiger charge is -2.33. The Kier molecular flexibility index (Phi) is 7.01. The first-order chi connectivity index (χ1) is 7.72. The molecule has 0 unspecified atom stereocenters. The van der Waals surface area contributed by atoms with Crippen LogP contribution < -0.4 is 5.32 Å². The number of nitrogens with one attached hydrogen (secondary N) is 1. The lowest BCUT2D eigenvalue weighted by Crippen LogP contribution is -2.43. The van der Waals surface area contributed by atoms with Gasteiger partial charge < -0.3 is 15.0 Å². The Bertz CT molecular complexity index is 165. The molecule has 0 radical (unpaired) electrons. The van der Waals surface area contributed by atoms with Gasteiger partial charge >= 0.3 is 0 Å². The van der Waals surface area contributed by atoms with E-state index in [-0.39, 0.29) is 0 Å². The van der Waals surface area contributed by atoms with Crippen molar-refractivity contribution in [1.29, 1.82) is 0 Å². The first kappa shape index (κ1) is 13.9. The minimum absolute atomic E-state index is 0.736. The zero-order valence-corrected chi connectivity index (χ0v) is 11.2. The van der Waals surface area contributed by atoms with Crippen molar-refractivity contribution in [3.8, 4) is 0 Å². The molecule has 0 bridgehead atoms. The van der Waals surface area contributed by atoms with Crippen molar-refractivity contribution in [2.45, 2.75) is 39.2 Å². The average Bonchev–Trinajstić information content (AvgIpc) is 2.26. The highest BCUT2D eigenvalue weighted by molar-refractivity contribution is 4.77. The monoisotopic (exact) mass is 228 g/mol. The van der Waals surface area contributed by atoms with Crippen LogP contribution in [0.15, 0.2) is 0 Å². The molecule has 0 saturated carbocycles. The first-order valence-electron chi connectivity index (χ1n) is 6.67. The van der Waals surface area contributed by atoms with Crippen molar-refractivity contribution < 1.29 is 4.74 Å². The Morgan fingerprint density at radius 2 is 2.00 bits per heavy atom. The summed E-state index contributed by atoms with van der Waals surface area (Å²) in [4.78, 5) is 2.60. The minimum Gasteiger partial charge on any atom is -0.385 e. The van der Waals surface area contributed by atoms with E-state index in [0.717, 1.165) is 31.5 Å². The third-order valence-corrected chi connectivity index (χ3v) is 3.17. The Balaban J connectivity index is 2.03. The normalized spacial score (nSPS) is 19.5. The van der Waals surface area contributed by atoms with Crippen molar-refractivity contribution in [1.82, 2.24) is 10.2 Å². The summed E-state index contributed by atoms with van der Waals surface area (Å²) in [5.41, 5.74) is 0. The maximum Gasteiger partial charge on any atom is 0.0474 e. The fourth-order valence-corrected chi connectivity index (χ4v) is 2.36. The predicted octanol–water partition coefficient (Wildman–Crippen LogP) is 1.73. The number of rotatable bonds is 7. The van der Waals surface area contributed by atoms with Crippen LogP contribution in [0.1, 0.15) is 33.1 Å². The van der Waals surface area contributed by atoms with Crippen molar-refractivity contribution in [2.24, 2.45) is 5.92 Å². The molecule has 1 fully saturated rings. The Hall–Kier alpha value is -0.120. The van der Waals surface area contributed by atoms with Crippen molar-refractivity contribution in [3.63, 3.8) is 0 Å². The first-order valence-corrected chi connectivity index (χ1v) is 6.67. The standard InChI is InChI=1S/C13H28N2O/c1-12(2)11-15-8-5-13(6-9-15)14-7-4-10-16-3/h12-14H,4-11H2,1-3H3. The van der Waals surface area contributed by atoms with Gasteiger partial charge in [-0.05, 0) is 44.8 Å². The molecule has 0 aromatic heterocycles. The highest BCUT2D eigenvalue weighted by Crippen LogP contribution is 2.11. The van der Waals surface area contributed by atoms with Crippen LogP contribution in [0, 0.1) is 5.92 Å². The predicted molar refractivity (Wildman–Crippen MR) is 68.8 cm³/mol. The van der Waals surface area contributed by atoms with Crippen LogP contribution in [0.25, 0.3) is 0 Å². The zero-order valence-electron chi connectivity index (χ0n) is 11.2. The maximum absolute atomic E-state index is 5.04. The zero-order chi connectivity index (χ0) is 11.8. The van der Waals surface area contributed by atoms with Crippen molar-refractivity contribution >= 4 is 0 Å². The van der Waals surface area contributed by atoms with E-state index < -0.39 is 0 Å². The van der Waals surface area contributed by atoms with Crippen LogP contribution in [0.3, 0.4) is 0 Å². The highest BCUT2D eigenvalue weighted by atomic mass is 16.5. The summed E-state index contributed by atoms with van der Waals surface area (Å²) in [7, 11) is 1.77. The summed E-state index contributed by atoms with van der Waals surface area (Å²) < 4.78 is 5.04. The molecule has 0 aromatic carbocycles. The van der Waals surface area contributed by atoms with Gasteiger partial charge in [-0.15, -0.1) is 0 Å². The quantitative estimate of drug-likeness (QED) is 0.672. The van der Waals surface area contributed by atoms with Gasteiger partial charge in [-0.2, -0.15) is 0 Å². The largest absolute Gasteiger partial charge is 0.385 e. The van der Waals surface area contributed by atoms with Gasteiger partial charge in [-0.25, -0.2) is 0 Å². The van der Waals surface area contributed by atoms with Gasteiger partial charge in [0.1, 0.15) is 0 Å². The number of hydrogen-bond donors (Lipinski definition) is 1. The highest BCUT2D eigenvalue weighted by Gasteiger charge is 2.18. The summed E-state index contributed by atoms with van der Waals surface area (Å²) >= 11 is 0. The molecule has 0 amide bonds. The molecule has 96 valence electrons. The molecule has 1 aliphatic rings. The molecule has 1 rings (SSSR count). The van der Waals surface area contributed by atoms with Gasteiger partial charge in [-0.1, -0.05) is 13.8 Å². The van der Waals surface area contributed by atoms with Gasteiger partial charge in [0.15, 0.2) is 0 Å². The summed E-state index contributed by atoms with van der Waals surface area (Å²) in [5, 5.41) is 3.62. The lowest BCUT2D eigenvalue weighted by molar-refractivity contribution is 0.171. The number of piperidine rings is 1. The molecule has 3 nitrogen and oxygen atoms in total. The topological polar surface area (TPSA) is 24.5 Å². The third-order valence-electron chi connectivity index (χ3n) is 3.17. The van der Waals surface area contributed by atoms with Crippen LogP contribution >= 0.6 is 0 Å². The van der Waals surface area contributed by atoms with Crippen LogP contribution in [-0.4, -0.2) is 50.8 Å². The molecule has 0 spiro atoms. The number of ether oxygens (including phenoxy) is 1. The van der Waals surface area contributed by atoms with Gasteiger partial charge in [0.25, 0.3) is 0 Å². The Morgan fingerprint density at radius 1 is 1.31 bits per heavy atom. The van der Waals surface area contributed by atoms with E-state index in [9.17, 15) is 0 Å². The summed E-state index contributed by atoms with van der Waals surface area (Å²) in [6.07, 6.45) is 3.74. The molecule has 3 heteroatoms. The molecular weight excluding hydrogens is 200 g/mol. The molecule has 0 aromatic rings. The number of hydrogen-bond acceptors (Lipinski definition) is 3. The second kappa shape index (κ2) is 8.04. The molecule has 0 atom stereocenters. The molecule has 1 saturated heterocycles. The second-order valence-corrected chi connectivity index (χ2v) is 5.27. The maximum atomic E-state index is 5.04. The van der Waals surface area contributed by atoms with Gasteiger partial charge in [-0.3, -0.25) is 0 Å². The van der Waals surface area contributed by atoms with Gasteiger partial charge in [0.2, 0.25) is 0 Å². The second-order valence-electron chi connectivity index (χ2n) is 5.27. The van der Waals surface area contributed by atoms with Crippen LogP contribution in [0.4, 0.5) is 0 Å². The average molecular weight is 228 g/mol. The summed E-state index contributed by atoms with van der Waals surface area (Å²) in [6, 6.07) is 0.736. The van der Waals surface area contributed by atoms with Crippen LogP contribution in [0.5, 0.6) is 0 Å². The smallest absolute Gasteiger partial charge is 0.0474 e. The van der Waals surface area contributed by atoms with Crippen molar-refractivity contribution in [2.75, 3.05) is 39.9 Å². The van der Waals surface area contributed by atoms with E-state index in [4.69, 9.17) is 4.74 Å². The van der Waals surface area contributed by atoms with E-state index in [1.165, 1.54) is 32.5 Å². The van der Waals surface area contributed by atoms with Crippen LogP contribution in [-0.2, 0) is 4.74 Å². The molecular formula is C13H28N2O.